The van der Waals surface area contributed by atoms with E-state index in [0.29, 0.717) is 24.9 Å². The Morgan fingerprint density at radius 3 is 2.40 bits per heavy atom. The lowest BCUT2D eigenvalue weighted by atomic mass is 9.78. The Bertz CT molecular complexity index is 385. The molecule has 1 saturated carbocycles. The lowest BCUT2D eigenvalue weighted by Crippen LogP contribution is -2.49. The molecule has 5 atom stereocenters. The van der Waals surface area contributed by atoms with Crippen molar-refractivity contribution < 1.29 is 14.7 Å². The minimum atomic E-state index is -0.799. The molecule has 0 bridgehead atoms. The van der Waals surface area contributed by atoms with Gasteiger partial charge in [-0.05, 0) is 24.2 Å². The number of nitrogens with zero attached hydrogens (tertiary/aromatic N) is 1. The van der Waals surface area contributed by atoms with Crippen molar-refractivity contribution in [3.05, 3.63) is 0 Å². The van der Waals surface area contributed by atoms with E-state index >= 15 is 0 Å². The first-order chi connectivity index (χ1) is 9.40. The maximum Gasteiger partial charge on any atom is 0.317 e. The molecule has 0 aromatic rings. The summed E-state index contributed by atoms with van der Waals surface area (Å²) in [6.45, 7) is 7.21. The third-order valence-electron chi connectivity index (χ3n) is 5.23. The van der Waals surface area contributed by atoms with Crippen molar-refractivity contribution >= 4 is 12.0 Å². The zero-order valence-electron chi connectivity index (χ0n) is 12.6. The topological polar surface area (TPSA) is 69.6 Å². The standard InChI is InChI=1S/C15H26N2O3/c1-9-5-4-6-13(11(9)3)16-15(20)17-7-10(2)12(8-17)14(18)19/h9-13H,4-8H2,1-3H3,(H,16,20)(H,18,19). The van der Waals surface area contributed by atoms with Crippen LogP contribution in [-0.4, -0.2) is 41.1 Å². The second kappa shape index (κ2) is 6.02. The van der Waals surface area contributed by atoms with Gasteiger partial charge in [-0.25, -0.2) is 4.79 Å². The predicted octanol–water partition coefficient (Wildman–Crippen LogP) is 2.17. The maximum atomic E-state index is 12.3. The number of amides is 2. The van der Waals surface area contributed by atoms with E-state index in [1.54, 1.807) is 4.90 Å². The number of carboxylic acids is 1. The number of carboxylic acid groups (broad SMARTS) is 1. The quantitative estimate of drug-likeness (QED) is 0.815. The largest absolute Gasteiger partial charge is 0.481 e. The first kappa shape index (κ1) is 15.1. The smallest absolute Gasteiger partial charge is 0.317 e. The Kier molecular flexibility index (Phi) is 4.55. The summed E-state index contributed by atoms with van der Waals surface area (Å²) in [6.07, 6.45) is 3.42. The predicted molar refractivity (Wildman–Crippen MR) is 76.4 cm³/mol. The van der Waals surface area contributed by atoms with E-state index in [0.717, 1.165) is 12.8 Å². The van der Waals surface area contributed by atoms with E-state index in [9.17, 15) is 9.59 Å². The molecule has 2 amide bonds. The van der Waals surface area contributed by atoms with Gasteiger partial charge in [0, 0.05) is 19.1 Å². The highest BCUT2D eigenvalue weighted by atomic mass is 16.4. The molecule has 2 aliphatic rings. The van der Waals surface area contributed by atoms with Crippen LogP contribution in [0.4, 0.5) is 4.79 Å². The van der Waals surface area contributed by atoms with Crippen molar-refractivity contribution in [3.8, 4) is 0 Å². The fourth-order valence-electron chi connectivity index (χ4n) is 3.49. The Morgan fingerprint density at radius 2 is 1.80 bits per heavy atom. The van der Waals surface area contributed by atoms with Crippen LogP contribution in [-0.2, 0) is 4.79 Å². The number of hydrogen-bond acceptors (Lipinski definition) is 2. The van der Waals surface area contributed by atoms with E-state index in [1.165, 1.54) is 6.42 Å². The lowest BCUT2D eigenvalue weighted by Gasteiger charge is -2.35. The second-order valence-corrected chi connectivity index (χ2v) is 6.65. The van der Waals surface area contributed by atoms with Gasteiger partial charge in [-0.1, -0.05) is 33.6 Å². The molecule has 2 N–H and O–H groups in total. The Morgan fingerprint density at radius 1 is 1.10 bits per heavy atom. The Labute approximate surface area is 120 Å². The molecule has 0 aromatic carbocycles. The van der Waals surface area contributed by atoms with E-state index in [-0.39, 0.29) is 18.0 Å². The van der Waals surface area contributed by atoms with Gasteiger partial charge >= 0.3 is 12.0 Å². The monoisotopic (exact) mass is 282 g/mol. The van der Waals surface area contributed by atoms with Crippen LogP contribution in [0.1, 0.15) is 40.0 Å². The Hall–Kier alpha value is -1.26. The van der Waals surface area contributed by atoms with Gasteiger partial charge in [0.25, 0.3) is 0 Å². The minimum Gasteiger partial charge on any atom is -0.481 e. The van der Waals surface area contributed by atoms with E-state index in [1.807, 2.05) is 6.92 Å². The van der Waals surface area contributed by atoms with E-state index < -0.39 is 11.9 Å². The Balaban J connectivity index is 1.91. The van der Waals surface area contributed by atoms with Crippen LogP contribution in [0.5, 0.6) is 0 Å². The molecule has 1 aliphatic carbocycles. The highest BCUT2D eigenvalue weighted by Gasteiger charge is 2.38. The first-order valence-electron chi connectivity index (χ1n) is 7.68. The summed E-state index contributed by atoms with van der Waals surface area (Å²) in [6, 6.07) is 0.136. The average Bonchev–Trinajstić information content (AvgIpc) is 2.77. The highest BCUT2D eigenvalue weighted by Crippen LogP contribution is 2.30. The van der Waals surface area contributed by atoms with Gasteiger partial charge in [0.15, 0.2) is 0 Å². The van der Waals surface area contributed by atoms with Crippen molar-refractivity contribution in [2.75, 3.05) is 13.1 Å². The van der Waals surface area contributed by atoms with Crippen molar-refractivity contribution in [1.29, 1.82) is 0 Å². The number of carbonyl (C=O) groups excluding carboxylic acids is 1. The van der Waals surface area contributed by atoms with Crippen molar-refractivity contribution in [1.82, 2.24) is 10.2 Å². The van der Waals surface area contributed by atoms with Crippen molar-refractivity contribution in [2.45, 2.75) is 46.1 Å². The highest BCUT2D eigenvalue weighted by molar-refractivity contribution is 5.77. The van der Waals surface area contributed by atoms with Crippen molar-refractivity contribution in [2.24, 2.45) is 23.7 Å². The molecular formula is C15H26N2O3. The van der Waals surface area contributed by atoms with Crippen LogP contribution >= 0.6 is 0 Å². The zero-order chi connectivity index (χ0) is 14.9. The zero-order valence-corrected chi connectivity index (χ0v) is 12.6. The van der Waals surface area contributed by atoms with Gasteiger partial charge in [0.1, 0.15) is 0 Å². The summed E-state index contributed by atoms with van der Waals surface area (Å²) in [5, 5.41) is 12.2. The number of carbonyl (C=O) groups is 2. The molecule has 5 heteroatoms. The minimum absolute atomic E-state index is 0.0287. The molecular weight excluding hydrogens is 256 g/mol. The molecule has 20 heavy (non-hydrogen) atoms. The fraction of sp³-hybridized carbons (Fsp3) is 0.867. The van der Waals surface area contributed by atoms with Crippen LogP contribution in [0.15, 0.2) is 0 Å². The summed E-state index contributed by atoms with van der Waals surface area (Å²) in [5.74, 6) is -0.0711. The molecule has 1 heterocycles. The van der Waals surface area contributed by atoms with Gasteiger partial charge in [0.05, 0.1) is 5.92 Å². The fourth-order valence-corrected chi connectivity index (χ4v) is 3.49. The number of likely N-dealkylation sites (tertiary alicyclic amines) is 1. The molecule has 5 unspecified atom stereocenters. The van der Waals surface area contributed by atoms with Crippen LogP contribution < -0.4 is 5.32 Å². The molecule has 0 radical (unpaired) electrons. The molecule has 0 spiro atoms. The summed E-state index contributed by atoms with van der Waals surface area (Å²) in [5.41, 5.74) is 0. The van der Waals surface area contributed by atoms with E-state index in [4.69, 9.17) is 5.11 Å². The number of urea groups is 1. The molecule has 5 nitrogen and oxygen atoms in total. The molecule has 1 saturated heterocycles. The maximum absolute atomic E-state index is 12.3. The normalized spacial score (nSPS) is 37.8. The summed E-state index contributed by atoms with van der Waals surface area (Å²) in [4.78, 5) is 25.1. The third kappa shape index (κ3) is 3.07. The number of nitrogens with one attached hydrogen (secondary N) is 1. The average molecular weight is 282 g/mol. The molecule has 0 aromatic heterocycles. The number of rotatable bonds is 2. The van der Waals surface area contributed by atoms with Crippen LogP contribution in [0.2, 0.25) is 0 Å². The van der Waals surface area contributed by atoms with Crippen LogP contribution in [0, 0.1) is 23.7 Å². The van der Waals surface area contributed by atoms with Crippen LogP contribution in [0.25, 0.3) is 0 Å². The lowest BCUT2D eigenvalue weighted by molar-refractivity contribution is -0.142. The number of hydrogen-bond donors (Lipinski definition) is 2. The SMILES string of the molecule is CC1CN(C(=O)NC2CCCC(C)C2C)CC1C(=O)O. The first-order valence-corrected chi connectivity index (χ1v) is 7.68. The summed E-state index contributed by atoms with van der Waals surface area (Å²) < 4.78 is 0. The van der Waals surface area contributed by atoms with Gasteiger partial charge in [-0.15, -0.1) is 0 Å². The second-order valence-electron chi connectivity index (χ2n) is 6.65. The summed E-state index contributed by atoms with van der Waals surface area (Å²) in [7, 11) is 0. The molecule has 2 rings (SSSR count). The summed E-state index contributed by atoms with van der Waals surface area (Å²) >= 11 is 0. The van der Waals surface area contributed by atoms with Gasteiger partial charge in [-0.3, -0.25) is 4.79 Å². The third-order valence-corrected chi connectivity index (χ3v) is 5.23. The van der Waals surface area contributed by atoms with Gasteiger partial charge in [0.2, 0.25) is 0 Å². The molecule has 1 aliphatic heterocycles. The molecule has 2 fully saturated rings. The van der Waals surface area contributed by atoms with E-state index in [2.05, 4.69) is 19.2 Å². The van der Waals surface area contributed by atoms with Crippen molar-refractivity contribution in [3.63, 3.8) is 0 Å². The molecule has 114 valence electrons. The van der Waals surface area contributed by atoms with Gasteiger partial charge in [-0.2, -0.15) is 0 Å². The van der Waals surface area contributed by atoms with Gasteiger partial charge < -0.3 is 15.3 Å². The number of aliphatic carboxylic acids is 1. The van der Waals surface area contributed by atoms with Crippen LogP contribution in [0.3, 0.4) is 0 Å².